The van der Waals surface area contributed by atoms with E-state index in [0.717, 1.165) is 4.47 Å². The molecule has 1 aromatic heterocycles. The van der Waals surface area contributed by atoms with Crippen LogP contribution in [0.25, 0.3) is 10.9 Å². The molecular formula is C27H23BrFIN4O4. The van der Waals surface area contributed by atoms with Crippen molar-refractivity contribution in [2.75, 3.05) is 19.0 Å². The SMILES string of the molecule is COc1cc(C=Nn2c(C(C)C)nc3ccc(Br)cc3c2=O)cc(I)c1OCC(=O)Nc1ccccc1F. The molecule has 0 bridgehead atoms. The maximum Gasteiger partial charge on any atom is 0.282 e. The minimum atomic E-state index is -0.536. The molecule has 0 saturated carbocycles. The molecule has 0 spiro atoms. The van der Waals surface area contributed by atoms with Crippen molar-refractivity contribution < 1.29 is 18.7 Å². The van der Waals surface area contributed by atoms with E-state index >= 15 is 0 Å². The molecule has 0 saturated heterocycles. The van der Waals surface area contributed by atoms with Crippen molar-refractivity contribution in [2.24, 2.45) is 5.10 Å². The van der Waals surface area contributed by atoms with Crippen molar-refractivity contribution in [1.82, 2.24) is 9.66 Å². The van der Waals surface area contributed by atoms with Gasteiger partial charge in [-0.2, -0.15) is 9.78 Å². The Kier molecular flexibility index (Phi) is 8.77. The number of hydrogen-bond acceptors (Lipinski definition) is 6. The number of anilines is 1. The minimum Gasteiger partial charge on any atom is -0.493 e. The third kappa shape index (κ3) is 6.21. The van der Waals surface area contributed by atoms with Crippen molar-refractivity contribution in [3.05, 3.63) is 90.2 Å². The summed E-state index contributed by atoms with van der Waals surface area (Å²) in [4.78, 5) is 30.2. The predicted octanol–water partition coefficient (Wildman–Crippen LogP) is 5.93. The van der Waals surface area contributed by atoms with Gasteiger partial charge in [0.05, 0.1) is 33.5 Å². The summed E-state index contributed by atoms with van der Waals surface area (Å²) in [6.45, 7) is 3.54. The number of ether oxygens (including phenoxy) is 2. The molecule has 0 aliphatic carbocycles. The van der Waals surface area contributed by atoms with Crippen LogP contribution in [0.1, 0.15) is 31.2 Å². The number of aromatic nitrogens is 2. The quantitative estimate of drug-likeness (QED) is 0.182. The summed E-state index contributed by atoms with van der Waals surface area (Å²) in [5, 5.41) is 7.38. The summed E-state index contributed by atoms with van der Waals surface area (Å²) >= 11 is 5.46. The highest BCUT2D eigenvalue weighted by atomic mass is 127. The zero-order chi connectivity index (χ0) is 27.4. The normalized spacial score (nSPS) is 11.3. The highest BCUT2D eigenvalue weighted by Crippen LogP contribution is 2.33. The van der Waals surface area contributed by atoms with E-state index in [0.29, 0.717) is 37.4 Å². The van der Waals surface area contributed by atoms with E-state index in [1.165, 1.54) is 36.2 Å². The van der Waals surface area contributed by atoms with E-state index in [4.69, 9.17) is 9.47 Å². The second-order valence-corrected chi connectivity index (χ2v) is 10.6. The van der Waals surface area contributed by atoms with Crippen molar-refractivity contribution >= 4 is 67.2 Å². The van der Waals surface area contributed by atoms with Crippen molar-refractivity contribution in [3.63, 3.8) is 0 Å². The molecule has 38 heavy (non-hydrogen) atoms. The average molecular weight is 693 g/mol. The summed E-state index contributed by atoms with van der Waals surface area (Å²) in [7, 11) is 1.48. The van der Waals surface area contributed by atoms with Gasteiger partial charge in [0.1, 0.15) is 11.6 Å². The standard InChI is InChI=1S/C27H23BrFIN4O4/c1-15(2)26-33-21-9-8-17(28)12-18(21)27(36)34(26)31-13-16-10-20(30)25(23(11-16)37-3)38-14-24(35)32-22-7-5-4-6-19(22)29/h4-13,15H,14H2,1-3H3,(H,32,35). The first kappa shape index (κ1) is 27.7. The lowest BCUT2D eigenvalue weighted by atomic mass is 10.2. The maximum absolute atomic E-state index is 13.8. The van der Waals surface area contributed by atoms with Crippen LogP contribution in [0.4, 0.5) is 10.1 Å². The molecule has 3 aromatic carbocycles. The van der Waals surface area contributed by atoms with Crippen molar-refractivity contribution in [1.29, 1.82) is 0 Å². The molecule has 0 aliphatic heterocycles. The van der Waals surface area contributed by atoms with Crippen molar-refractivity contribution in [2.45, 2.75) is 19.8 Å². The fourth-order valence-corrected chi connectivity index (χ4v) is 4.76. The van der Waals surface area contributed by atoms with Crippen LogP contribution in [0.15, 0.2) is 69.0 Å². The van der Waals surface area contributed by atoms with E-state index in [9.17, 15) is 14.0 Å². The Balaban J connectivity index is 1.60. The van der Waals surface area contributed by atoms with E-state index in [2.05, 4.69) is 53.9 Å². The largest absolute Gasteiger partial charge is 0.493 e. The van der Waals surface area contributed by atoms with Gasteiger partial charge in [-0.3, -0.25) is 9.59 Å². The van der Waals surface area contributed by atoms with Gasteiger partial charge in [0, 0.05) is 10.4 Å². The number of fused-ring (bicyclic) bond motifs is 1. The van der Waals surface area contributed by atoms with Gasteiger partial charge >= 0.3 is 0 Å². The van der Waals surface area contributed by atoms with Crippen LogP contribution >= 0.6 is 38.5 Å². The monoisotopic (exact) mass is 692 g/mol. The van der Waals surface area contributed by atoms with Crippen LogP contribution in [-0.2, 0) is 4.79 Å². The third-order valence-corrected chi connectivity index (χ3v) is 6.71. The number of carbonyl (C=O) groups is 1. The van der Waals surface area contributed by atoms with Crippen LogP contribution in [0.2, 0.25) is 0 Å². The Bertz CT molecular complexity index is 1610. The summed E-state index contributed by atoms with van der Waals surface area (Å²) in [6.07, 6.45) is 1.54. The number of para-hydroxylation sites is 1. The number of carbonyl (C=O) groups excluding carboxylic acids is 1. The molecule has 1 heterocycles. The zero-order valence-corrected chi connectivity index (χ0v) is 24.4. The summed E-state index contributed by atoms with van der Waals surface area (Å²) < 4.78 is 27.7. The number of rotatable bonds is 8. The Hall–Kier alpha value is -3.32. The number of nitrogens with one attached hydrogen (secondary N) is 1. The summed E-state index contributed by atoms with van der Waals surface area (Å²) in [6, 6.07) is 14.7. The first-order chi connectivity index (χ1) is 18.2. The molecule has 0 aliphatic rings. The van der Waals surface area contributed by atoms with Gasteiger partial charge in [0.2, 0.25) is 0 Å². The molecule has 1 amide bonds. The van der Waals surface area contributed by atoms with Crippen molar-refractivity contribution in [3.8, 4) is 11.5 Å². The molecule has 0 unspecified atom stereocenters. The number of methoxy groups -OCH3 is 1. The second-order valence-electron chi connectivity index (χ2n) is 8.50. The van der Waals surface area contributed by atoms with Gasteiger partial charge in [-0.05, 0) is 70.6 Å². The lowest BCUT2D eigenvalue weighted by Crippen LogP contribution is -2.23. The van der Waals surface area contributed by atoms with Gasteiger partial charge in [-0.1, -0.05) is 41.9 Å². The Morgan fingerprint density at radius 2 is 2.00 bits per heavy atom. The van der Waals surface area contributed by atoms with Crippen LogP contribution in [0.5, 0.6) is 11.5 Å². The average Bonchev–Trinajstić information content (AvgIpc) is 2.88. The fourth-order valence-electron chi connectivity index (χ4n) is 3.62. The molecule has 196 valence electrons. The summed E-state index contributed by atoms with van der Waals surface area (Å²) in [5.41, 5.74) is 1.04. The van der Waals surface area contributed by atoms with Gasteiger partial charge in [0.25, 0.3) is 11.5 Å². The fraction of sp³-hybridized carbons (Fsp3) is 0.185. The number of amides is 1. The van der Waals surface area contributed by atoms with Crippen LogP contribution in [0, 0.1) is 9.39 Å². The number of hydrogen-bond donors (Lipinski definition) is 1. The van der Waals surface area contributed by atoms with Crippen LogP contribution in [-0.4, -0.2) is 35.5 Å². The van der Waals surface area contributed by atoms with E-state index in [1.54, 1.807) is 30.3 Å². The highest BCUT2D eigenvalue weighted by Gasteiger charge is 2.16. The Morgan fingerprint density at radius 3 is 2.71 bits per heavy atom. The zero-order valence-electron chi connectivity index (χ0n) is 20.7. The molecular weight excluding hydrogens is 670 g/mol. The van der Waals surface area contributed by atoms with Gasteiger partial charge in [-0.25, -0.2) is 9.37 Å². The highest BCUT2D eigenvalue weighted by molar-refractivity contribution is 14.1. The number of nitrogens with zero attached hydrogens (tertiary/aromatic N) is 3. The van der Waals surface area contributed by atoms with Gasteiger partial charge < -0.3 is 14.8 Å². The summed E-state index contributed by atoms with van der Waals surface area (Å²) in [5.74, 6) is 0.151. The minimum absolute atomic E-state index is 0.0474. The third-order valence-electron chi connectivity index (χ3n) is 5.42. The Labute approximate surface area is 240 Å². The van der Waals surface area contributed by atoms with E-state index < -0.39 is 11.7 Å². The lowest BCUT2D eigenvalue weighted by molar-refractivity contribution is -0.118. The van der Waals surface area contributed by atoms with Gasteiger partial charge in [-0.15, -0.1) is 0 Å². The maximum atomic E-state index is 13.8. The van der Waals surface area contributed by atoms with Gasteiger partial charge in [0.15, 0.2) is 18.1 Å². The lowest BCUT2D eigenvalue weighted by Gasteiger charge is -2.14. The molecule has 4 aromatic rings. The molecule has 4 rings (SSSR count). The predicted molar refractivity (Wildman–Crippen MR) is 157 cm³/mol. The smallest absolute Gasteiger partial charge is 0.282 e. The first-order valence-electron chi connectivity index (χ1n) is 11.5. The number of halogens is 3. The van der Waals surface area contributed by atoms with Crippen LogP contribution in [0.3, 0.4) is 0 Å². The van der Waals surface area contributed by atoms with E-state index in [-0.39, 0.29) is 23.8 Å². The molecule has 0 atom stereocenters. The molecule has 8 nitrogen and oxygen atoms in total. The molecule has 11 heteroatoms. The van der Waals surface area contributed by atoms with E-state index in [1.807, 2.05) is 19.9 Å². The van der Waals surface area contributed by atoms with Crippen LogP contribution < -0.4 is 20.3 Å². The molecule has 0 radical (unpaired) electrons. The number of benzene rings is 3. The molecule has 0 fully saturated rings. The first-order valence-corrected chi connectivity index (χ1v) is 13.4. The topological polar surface area (TPSA) is 94.8 Å². The second kappa shape index (κ2) is 12.0. The Morgan fingerprint density at radius 1 is 1.24 bits per heavy atom. The molecule has 1 N–H and O–H groups in total.